The van der Waals surface area contributed by atoms with E-state index in [1.165, 1.54) is 11.8 Å². The Morgan fingerprint density at radius 2 is 1.69 bits per heavy atom. The number of ether oxygens (including phenoxy) is 1. The van der Waals surface area contributed by atoms with Crippen molar-refractivity contribution in [3.05, 3.63) is 98.4 Å². The molecule has 5 nitrogen and oxygen atoms in total. The minimum Gasteiger partial charge on any atom is -0.420 e. The van der Waals surface area contributed by atoms with Crippen molar-refractivity contribution in [2.75, 3.05) is 0 Å². The van der Waals surface area contributed by atoms with E-state index in [9.17, 15) is 9.59 Å². The molecule has 8 heteroatoms. The van der Waals surface area contributed by atoms with Crippen LogP contribution in [0.5, 0.6) is 5.75 Å². The van der Waals surface area contributed by atoms with Crippen molar-refractivity contribution in [3.8, 4) is 5.75 Å². The van der Waals surface area contributed by atoms with Gasteiger partial charge in [0.1, 0.15) is 0 Å². The van der Waals surface area contributed by atoms with Gasteiger partial charge in [0.05, 0.1) is 26.2 Å². The molecule has 0 radical (unpaired) electrons. The fourth-order valence-corrected chi connectivity index (χ4v) is 4.28. The Morgan fingerprint density at radius 3 is 2.34 bits per heavy atom. The maximum atomic E-state index is 12.4. The first-order chi connectivity index (χ1) is 15.4. The van der Waals surface area contributed by atoms with Crippen LogP contribution in [0.15, 0.2) is 76.6 Å². The van der Waals surface area contributed by atoms with Gasteiger partial charge >= 0.3 is 5.97 Å². The summed E-state index contributed by atoms with van der Waals surface area (Å²) in [6.07, 6.45) is 1.65. The summed E-state index contributed by atoms with van der Waals surface area (Å²) >= 11 is 13.8. The maximum absolute atomic E-state index is 12.4. The number of nitrogens with zero attached hydrogens (tertiary/aromatic N) is 1. The molecule has 0 saturated carbocycles. The van der Waals surface area contributed by atoms with Crippen LogP contribution in [0.4, 0.5) is 5.69 Å². The molecule has 1 saturated heterocycles. The Kier molecular flexibility index (Phi) is 6.65. The molecular weight excluding hydrogens is 467 g/mol. The third-order valence-electron chi connectivity index (χ3n) is 4.44. The highest BCUT2D eigenvalue weighted by molar-refractivity contribution is 8.18. The third kappa shape index (κ3) is 5.22. The smallest absolute Gasteiger partial charge is 0.343 e. The fourth-order valence-electron chi connectivity index (χ4n) is 2.85. The first-order valence-corrected chi connectivity index (χ1v) is 11.1. The molecule has 0 unspecified atom stereocenters. The fraction of sp³-hybridized carbons (Fsp3) is 0.0417. The Balaban J connectivity index is 1.53. The van der Waals surface area contributed by atoms with Gasteiger partial charge in [0, 0.05) is 0 Å². The maximum Gasteiger partial charge on any atom is 0.343 e. The van der Waals surface area contributed by atoms with Gasteiger partial charge in [-0.15, -0.1) is 0 Å². The summed E-state index contributed by atoms with van der Waals surface area (Å²) in [5.74, 6) is -0.773. The van der Waals surface area contributed by atoms with Crippen molar-refractivity contribution in [2.24, 2.45) is 4.99 Å². The Morgan fingerprint density at radius 1 is 1.03 bits per heavy atom. The number of hydrogen-bond donors (Lipinski definition) is 1. The first kappa shape index (κ1) is 22.1. The van der Waals surface area contributed by atoms with Crippen molar-refractivity contribution in [3.63, 3.8) is 0 Å². The average Bonchev–Trinajstić information content (AvgIpc) is 3.11. The lowest BCUT2D eigenvalue weighted by atomic mass is 10.2. The van der Waals surface area contributed by atoms with Crippen molar-refractivity contribution in [1.29, 1.82) is 0 Å². The molecule has 0 atom stereocenters. The second-order valence-electron chi connectivity index (χ2n) is 6.89. The standard InChI is InChI=1S/C24H16Cl2N2O3S/c1-14-7-9-17(10-8-14)27-24-28-22(29)20(32-24)13-15-11-18(25)21(19(26)12-15)31-23(30)16-5-3-2-4-6-16/h2-13H,1H3,(H,27,28,29)/b20-13-. The van der Waals surface area contributed by atoms with Gasteiger partial charge in [-0.3, -0.25) is 4.79 Å². The monoisotopic (exact) mass is 482 g/mol. The number of aliphatic imine (C=N–C) groups is 1. The predicted octanol–water partition coefficient (Wildman–Crippen LogP) is 6.41. The van der Waals surface area contributed by atoms with Gasteiger partial charge in [0.25, 0.3) is 5.91 Å². The van der Waals surface area contributed by atoms with Crippen LogP contribution >= 0.6 is 35.0 Å². The number of aryl methyl sites for hydroxylation is 1. The minimum absolute atomic E-state index is 0.0643. The second kappa shape index (κ2) is 9.61. The molecule has 4 rings (SSSR count). The molecule has 1 amide bonds. The van der Waals surface area contributed by atoms with Gasteiger partial charge in [-0.25, -0.2) is 9.79 Å². The molecule has 1 N–H and O–H groups in total. The number of thioether (sulfide) groups is 1. The van der Waals surface area contributed by atoms with Gasteiger partial charge < -0.3 is 10.1 Å². The highest BCUT2D eigenvalue weighted by atomic mass is 35.5. The molecule has 1 aliphatic heterocycles. The predicted molar refractivity (Wildman–Crippen MR) is 130 cm³/mol. The number of hydrogen-bond acceptors (Lipinski definition) is 5. The largest absolute Gasteiger partial charge is 0.420 e. The highest BCUT2D eigenvalue weighted by Gasteiger charge is 2.24. The van der Waals surface area contributed by atoms with Gasteiger partial charge in [-0.05, 0) is 66.7 Å². The quantitative estimate of drug-likeness (QED) is 0.265. The van der Waals surface area contributed by atoms with Crippen LogP contribution in [0.3, 0.4) is 0 Å². The molecular formula is C24H16Cl2N2O3S. The average molecular weight is 483 g/mol. The van der Waals surface area contributed by atoms with Gasteiger partial charge in [0.15, 0.2) is 10.9 Å². The van der Waals surface area contributed by atoms with Gasteiger partial charge in [-0.2, -0.15) is 0 Å². The molecule has 1 fully saturated rings. The van der Waals surface area contributed by atoms with E-state index in [2.05, 4.69) is 10.3 Å². The van der Waals surface area contributed by atoms with Crippen LogP contribution in [-0.2, 0) is 4.79 Å². The molecule has 0 aromatic heterocycles. The van der Waals surface area contributed by atoms with Gasteiger partial charge in [-0.1, -0.05) is 59.1 Å². The summed E-state index contributed by atoms with van der Waals surface area (Å²) in [5, 5.41) is 3.54. The zero-order chi connectivity index (χ0) is 22.7. The number of carbonyl (C=O) groups excluding carboxylic acids is 2. The van der Waals surface area contributed by atoms with E-state index in [0.717, 1.165) is 11.3 Å². The number of esters is 1. The lowest BCUT2D eigenvalue weighted by molar-refractivity contribution is -0.115. The van der Waals surface area contributed by atoms with E-state index in [1.54, 1.807) is 48.5 Å². The number of carbonyl (C=O) groups is 2. The van der Waals surface area contributed by atoms with E-state index in [1.807, 2.05) is 31.2 Å². The van der Waals surface area contributed by atoms with Crippen LogP contribution in [0.2, 0.25) is 10.0 Å². The van der Waals surface area contributed by atoms with Crippen molar-refractivity contribution in [2.45, 2.75) is 6.92 Å². The van der Waals surface area contributed by atoms with E-state index in [0.29, 0.717) is 21.2 Å². The molecule has 0 aliphatic carbocycles. The number of rotatable bonds is 4. The molecule has 3 aromatic rings. The zero-order valence-corrected chi connectivity index (χ0v) is 19.1. The van der Waals surface area contributed by atoms with E-state index in [-0.39, 0.29) is 21.7 Å². The van der Waals surface area contributed by atoms with E-state index in [4.69, 9.17) is 27.9 Å². The topological polar surface area (TPSA) is 67.8 Å². The van der Waals surface area contributed by atoms with E-state index < -0.39 is 5.97 Å². The number of benzene rings is 3. The lowest BCUT2D eigenvalue weighted by Crippen LogP contribution is -2.19. The summed E-state index contributed by atoms with van der Waals surface area (Å²) in [7, 11) is 0. The lowest BCUT2D eigenvalue weighted by Gasteiger charge is -2.09. The molecule has 0 spiro atoms. The summed E-state index contributed by atoms with van der Waals surface area (Å²) in [6.45, 7) is 1.99. The summed E-state index contributed by atoms with van der Waals surface area (Å²) in [6, 6.07) is 19.4. The third-order valence-corrected chi connectivity index (χ3v) is 5.91. The van der Waals surface area contributed by atoms with Gasteiger partial charge in [0.2, 0.25) is 0 Å². The van der Waals surface area contributed by atoms with Crippen LogP contribution in [0.1, 0.15) is 21.5 Å². The van der Waals surface area contributed by atoms with Crippen LogP contribution in [0.25, 0.3) is 6.08 Å². The first-order valence-electron chi connectivity index (χ1n) is 9.51. The summed E-state index contributed by atoms with van der Waals surface area (Å²) in [5.41, 5.74) is 2.85. The molecule has 1 heterocycles. The van der Waals surface area contributed by atoms with Crippen LogP contribution < -0.4 is 10.1 Å². The molecule has 3 aromatic carbocycles. The highest BCUT2D eigenvalue weighted by Crippen LogP contribution is 2.36. The SMILES string of the molecule is Cc1ccc(N=C2NC(=O)/C(=C/c3cc(Cl)c(OC(=O)c4ccccc4)c(Cl)c3)S2)cc1. The minimum atomic E-state index is -0.566. The Labute approximate surface area is 199 Å². The van der Waals surface area contributed by atoms with E-state index >= 15 is 0 Å². The molecule has 0 bridgehead atoms. The van der Waals surface area contributed by atoms with Crippen molar-refractivity contribution in [1.82, 2.24) is 5.32 Å². The summed E-state index contributed by atoms with van der Waals surface area (Å²) < 4.78 is 5.37. The normalized spacial score (nSPS) is 15.8. The van der Waals surface area contributed by atoms with Crippen molar-refractivity contribution < 1.29 is 14.3 Å². The number of halogens is 2. The molecule has 160 valence electrons. The molecule has 32 heavy (non-hydrogen) atoms. The number of amidine groups is 1. The summed E-state index contributed by atoms with van der Waals surface area (Å²) in [4.78, 5) is 29.6. The molecule has 1 aliphatic rings. The Hall–Kier alpha value is -3.06. The van der Waals surface area contributed by atoms with Crippen LogP contribution in [-0.4, -0.2) is 17.0 Å². The number of nitrogens with one attached hydrogen (secondary N) is 1. The number of amides is 1. The van der Waals surface area contributed by atoms with Crippen molar-refractivity contribution >= 4 is 63.8 Å². The second-order valence-corrected chi connectivity index (χ2v) is 8.73. The van der Waals surface area contributed by atoms with Crippen LogP contribution in [0, 0.1) is 6.92 Å². The Bertz CT molecular complexity index is 1230. The zero-order valence-electron chi connectivity index (χ0n) is 16.8.